The molecule has 2 heterocycles. The van der Waals surface area contributed by atoms with E-state index in [1.807, 2.05) is 24.3 Å². The molecule has 1 aromatic carbocycles. The number of fused-ring (bicyclic) bond motifs is 1. The third-order valence-electron chi connectivity index (χ3n) is 3.88. The minimum absolute atomic E-state index is 0.220. The van der Waals surface area contributed by atoms with Gasteiger partial charge in [0.15, 0.2) is 0 Å². The molecule has 1 N–H and O–H groups in total. The van der Waals surface area contributed by atoms with E-state index >= 15 is 0 Å². The predicted octanol–water partition coefficient (Wildman–Crippen LogP) is 3.19. The second kappa shape index (κ2) is 5.29. The molecule has 1 aliphatic heterocycles. The Balaban J connectivity index is 1.92. The first-order valence-electron chi connectivity index (χ1n) is 6.68. The maximum absolute atomic E-state index is 11.0. The lowest BCUT2D eigenvalue weighted by atomic mass is 9.96. The molecule has 3 rings (SSSR count). The van der Waals surface area contributed by atoms with Crippen molar-refractivity contribution in [1.82, 2.24) is 4.98 Å². The molecule has 5 heteroatoms. The summed E-state index contributed by atoms with van der Waals surface area (Å²) in [4.78, 5) is 17.6. The van der Waals surface area contributed by atoms with Crippen molar-refractivity contribution < 1.29 is 9.90 Å². The molecule has 0 amide bonds. The fraction of sp³-hybridized carbons (Fsp3) is 0.333. The van der Waals surface area contributed by atoms with Crippen LogP contribution in [0.15, 0.2) is 30.5 Å². The number of piperidine rings is 1. The van der Waals surface area contributed by atoms with Crippen LogP contribution in [0.4, 0.5) is 5.69 Å². The monoisotopic (exact) mass is 290 g/mol. The average molecular weight is 291 g/mol. The number of hydrogen-bond donors (Lipinski definition) is 1. The number of anilines is 1. The lowest BCUT2D eigenvalue weighted by molar-refractivity contribution is -0.142. The molecule has 0 saturated carbocycles. The van der Waals surface area contributed by atoms with E-state index in [1.165, 1.54) is 0 Å². The molecule has 0 spiro atoms. The summed E-state index contributed by atoms with van der Waals surface area (Å²) in [5, 5.41) is 10.7. The number of nitrogens with zero attached hydrogens (tertiary/aromatic N) is 2. The highest BCUT2D eigenvalue weighted by molar-refractivity contribution is 6.35. The fourth-order valence-electron chi connectivity index (χ4n) is 2.77. The van der Waals surface area contributed by atoms with Gasteiger partial charge in [-0.15, -0.1) is 0 Å². The van der Waals surface area contributed by atoms with Crippen LogP contribution in [0.1, 0.15) is 12.8 Å². The third kappa shape index (κ3) is 2.31. The van der Waals surface area contributed by atoms with Gasteiger partial charge in [-0.05, 0) is 25.0 Å². The number of carbonyl (C=O) groups is 1. The van der Waals surface area contributed by atoms with Gasteiger partial charge in [0.1, 0.15) is 0 Å². The Morgan fingerprint density at radius 2 is 2.05 bits per heavy atom. The average Bonchev–Trinajstić information content (AvgIpc) is 2.47. The predicted molar refractivity (Wildman–Crippen MR) is 79.3 cm³/mol. The van der Waals surface area contributed by atoms with Crippen molar-refractivity contribution in [1.29, 1.82) is 0 Å². The molecule has 0 atom stereocenters. The zero-order valence-electron chi connectivity index (χ0n) is 10.9. The number of carboxylic acids is 1. The fourth-order valence-corrected chi connectivity index (χ4v) is 2.99. The summed E-state index contributed by atoms with van der Waals surface area (Å²) in [7, 11) is 0. The van der Waals surface area contributed by atoms with Gasteiger partial charge < -0.3 is 10.0 Å². The van der Waals surface area contributed by atoms with E-state index in [9.17, 15) is 4.79 Å². The summed E-state index contributed by atoms with van der Waals surface area (Å²) in [6.07, 6.45) is 3.12. The smallest absolute Gasteiger partial charge is 0.306 e. The highest BCUT2D eigenvalue weighted by Crippen LogP contribution is 2.32. The van der Waals surface area contributed by atoms with Gasteiger partial charge in [0.05, 0.1) is 16.5 Å². The lowest BCUT2D eigenvalue weighted by Crippen LogP contribution is -2.36. The Morgan fingerprint density at radius 3 is 2.75 bits per heavy atom. The number of rotatable bonds is 2. The summed E-state index contributed by atoms with van der Waals surface area (Å²) in [6, 6.07) is 7.73. The molecule has 4 nitrogen and oxygen atoms in total. The van der Waals surface area contributed by atoms with Crippen molar-refractivity contribution in [2.45, 2.75) is 12.8 Å². The van der Waals surface area contributed by atoms with Crippen LogP contribution in [0, 0.1) is 5.92 Å². The van der Waals surface area contributed by atoms with Crippen molar-refractivity contribution in [2.75, 3.05) is 18.0 Å². The van der Waals surface area contributed by atoms with Crippen LogP contribution in [-0.2, 0) is 4.79 Å². The number of halogens is 1. The number of aliphatic carboxylic acids is 1. The highest BCUT2D eigenvalue weighted by Gasteiger charge is 2.25. The van der Waals surface area contributed by atoms with E-state index in [0.717, 1.165) is 29.7 Å². The zero-order chi connectivity index (χ0) is 14.1. The molecule has 0 bridgehead atoms. The Kier molecular flexibility index (Phi) is 3.49. The van der Waals surface area contributed by atoms with Crippen molar-refractivity contribution in [3.63, 3.8) is 0 Å². The largest absolute Gasteiger partial charge is 0.481 e. The normalized spacial score (nSPS) is 16.6. The van der Waals surface area contributed by atoms with Gasteiger partial charge in [0.2, 0.25) is 0 Å². The number of hydrogen-bond acceptors (Lipinski definition) is 3. The van der Waals surface area contributed by atoms with Gasteiger partial charge in [-0.1, -0.05) is 23.7 Å². The first-order chi connectivity index (χ1) is 9.66. The second-order valence-electron chi connectivity index (χ2n) is 5.07. The maximum atomic E-state index is 11.0. The number of carboxylic acid groups (broad SMARTS) is 1. The minimum Gasteiger partial charge on any atom is -0.481 e. The SMILES string of the molecule is O=C(O)C1CCN(c2ccnc3c(Cl)cccc23)CC1. The molecule has 1 fully saturated rings. The Hall–Kier alpha value is -1.81. The molecule has 1 aromatic heterocycles. The Labute approximate surface area is 122 Å². The van der Waals surface area contributed by atoms with Gasteiger partial charge in [-0.25, -0.2) is 0 Å². The molecular formula is C15H15ClN2O2. The molecule has 2 aromatic rings. The van der Waals surface area contributed by atoms with Gasteiger partial charge in [-0.3, -0.25) is 9.78 Å². The van der Waals surface area contributed by atoms with Gasteiger partial charge >= 0.3 is 5.97 Å². The molecule has 0 radical (unpaired) electrons. The van der Waals surface area contributed by atoms with Gasteiger partial charge in [0.25, 0.3) is 0 Å². The molecular weight excluding hydrogens is 276 g/mol. The quantitative estimate of drug-likeness (QED) is 0.923. The van der Waals surface area contributed by atoms with Crippen molar-refractivity contribution in [3.8, 4) is 0 Å². The molecule has 1 saturated heterocycles. The summed E-state index contributed by atoms with van der Waals surface area (Å²) in [5.74, 6) is -0.907. The first-order valence-corrected chi connectivity index (χ1v) is 7.05. The van der Waals surface area contributed by atoms with Gasteiger partial charge in [0, 0.05) is 30.4 Å². The lowest BCUT2D eigenvalue weighted by Gasteiger charge is -2.32. The maximum Gasteiger partial charge on any atom is 0.306 e. The van der Waals surface area contributed by atoms with Crippen molar-refractivity contribution in [3.05, 3.63) is 35.5 Å². The molecule has 104 valence electrons. The van der Waals surface area contributed by atoms with E-state index in [2.05, 4.69) is 9.88 Å². The molecule has 1 aliphatic rings. The summed E-state index contributed by atoms with van der Waals surface area (Å²) < 4.78 is 0. The van der Waals surface area contributed by atoms with E-state index in [-0.39, 0.29) is 5.92 Å². The number of aromatic nitrogens is 1. The number of pyridine rings is 1. The highest BCUT2D eigenvalue weighted by atomic mass is 35.5. The summed E-state index contributed by atoms with van der Waals surface area (Å²) in [6.45, 7) is 1.51. The van der Waals surface area contributed by atoms with Crippen LogP contribution in [0.25, 0.3) is 10.9 Å². The van der Waals surface area contributed by atoms with Crippen LogP contribution in [0.3, 0.4) is 0 Å². The Morgan fingerprint density at radius 1 is 1.30 bits per heavy atom. The molecule has 0 unspecified atom stereocenters. The van der Waals surface area contributed by atoms with E-state index in [0.29, 0.717) is 17.9 Å². The van der Waals surface area contributed by atoms with E-state index in [1.54, 1.807) is 6.20 Å². The second-order valence-corrected chi connectivity index (χ2v) is 5.47. The minimum atomic E-state index is -0.688. The number of para-hydroxylation sites is 1. The molecule has 20 heavy (non-hydrogen) atoms. The van der Waals surface area contributed by atoms with Crippen molar-refractivity contribution >= 4 is 34.2 Å². The van der Waals surface area contributed by atoms with Crippen LogP contribution >= 0.6 is 11.6 Å². The van der Waals surface area contributed by atoms with Gasteiger partial charge in [-0.2, -0.15) is 0 Å². The third-order valence-corrected chi connectivity index (χ3v) is 4.19. The van der Waals surface area contributed by atoms with Crippen LogP contribution < -0.4 is 4.90 Å². The number of benzene rings is 1. The Bertz CT molecular complexity index is 651. The first kappa shape index (κ1) is 13.2. The van der Waals surface area contributed by atoms with E-state index in [4.69, 9.17) is 16.7 Å². The topological polar surface area (TPSA) is 53.4 Å². The van der Waals surface area contributed by atoms with Crippen LogP contribution in [0.5, 0.6) is 0 Å². The summed E-state index contributed by atoms with van der Waals surface area (Å²) in [5.41, 5.74) is 1.88. The van der Waals surface area contributed by atoms with E-state index < -0.39 is 5.97 Å². The zero-order valence-corrected chi connectivity index (χ0v) is 11.7. The van der Waals surface area contributed by atoms with Crippen LogP contribution in [0.2, 0.25) is 5.02 Å². The summed E-state index contributed by atoms with van der Waals surface area (Å²) >= 11 is 6.17. The molecule has 0 aliphatic carbocycles. The van der Waals surface area contributed by atoms with Crippen molar-refractivity contribution in [2.24, 2.45) is 5.92 Å². The standard InChI is InChI=1S/C15H15ClN2O2/c16-12-3-1-2-11-13(4-7-17-14(11)12)18-8-5-10(6-9-18)15(19)20/h1-4,7,10H,5-6,8-9H2,(H,19,20). The van der Waals surface area contributed by atoms with Crippen LogP contribution in [-0.4, -0.2) is 29.1 Å².